The van der Waals surface area contributed by atoms with Crippen LogP contribution in [0.15, 0.2) is 24.3 Å². The van der Waals surface area contributed by atoms with Crippen molar-refractivity contribution < 1.29 is 9.50 Å². The van der Waals surface area contributed by atoms with E-state index in [-0.39, 0.29) is 18.0 Å². The molecule has 0 heterocycles. The molecule has 0 spiro atoms. The van der Waals surface area contributed by atoms with Crippen molar-refractivity contribution in [3.05, 3.63) is 35.6 Å². The van der Waals surface area contributed by atoms with Crippen molar-refractivity contribution in [2.45, 2.75) is 51.3 Å². The van der Waals surface area contributed by atoms with Gasteiger partial charge in [0.2, 0.25) is 0 Å². The van der Waals surface area contributed by atoms with Crippen molar-refractivity contribution in [1.29, 1.82) is 0 Å². The molecule has 1 fully saturated rings. The number of nitrogens with zero attached hydrogens (tertiary/aromatic N) is 1. The van der Waals surface area contributed by atoms with Crippen LogP contribution in [0, 0.1) is 11.7 Å². The normalized spacial score (nSPS) is 27.7. The van der Waals surface area contributed by atoms with Gasteiger partial charge >= 0.3 is 0 Å². The van der Waals surface area contributed by atoms with E-state index in [9.17, 15) is 9.50 Å². The minimum atomic E-state index is -0.278. The van der Waals surface area contributed by atoms with Crippen LogP contribution >= 0.6 is 0 Å². The number of rotatable bonds is 4. The lowest BCUT2D eigenvalue weighted by atomic mass is 9.81. The lowest BCUT2D eigenvalue weighted by Crippen LogP contribution is -2.45. The Hall–Kier alpha value is -0.930. The standard InChI is InChI=1S/C16H24FNO/c1-3-12-8-9-16(19)15(10-12)18(2)11-13-6-4-5-7-14(13)17/h4-7,12,15-16,19H,3,8-11H2,1-2H3. The van der Waals surface area contributed by atoms with Crippen molar-refractivity contribution >= 4 is 0 Å². The Morgan fingerprint density at radius 2 is 2.05 bits per heavy atom. The summed E-state index contributed by atoms with van der Waals surface area (Å²) in [6.07, 6.45) is 3.88. The summed E-state index contributed by atoms with van der Waals surface area (Å²) in [4.78, 5) is 2.10. The van der Waals surface area contributed by atoms with E-state index in [0.717, 1.165) is 25.7 Å². The van der Waals surface area contributed by atoms with Crippen LogP contribution in [0.2, 0.25) is 0 Å². The largest absolute Gasteiger partial charge is 0.391 e. The average molecular weight is 265 g/mol. The maximum atomic E-state index is 13.7. The van der Waals surface area contributed by atoms with E-state index >= 15 is 0 Å². The van der Waals surface area contributed by atoms with Crippen LogP contribution in [0.5, 0.6) is 0 Å². The molecule has 0 bridgehead atoms. The smallest absolute Gasteiger partial charge is 0.127 e. The van der Waals surface area contributed by atoms with Crippen LogP contribution in [-0.4, -0.2) is 29.2 Å². The van der Waals surface area contributed by atoms with E-state index < -0.39 is 0 Å². The predicted octanol–water partition coefficient (Wildman–Crippen LogP) is 3.20. The highest BCUT2D eigenvalue weighted by Gasteiger charge is 2.31. The molecule has 19 heavy (non-hydrogen) atoms. The Morgan fingerprint density at radius 1 is 1.32 bits per heavy atom. The van der Waals surface area contributed by atoms with Gasteiger partial charge in [-0.05, 0) is 38.3 Å². The molecule has 3 atom stereocenters. The van der Waals surface area contributed by atoms with Crippen molar-refractivity contribution in [2.75, 3.05) is 7.05 Å². The molecule has 1 aliphatic carbocycles. The van der Waals surface area contributed by atoms with Crippen LogP contribution in [0.1, 0.15) is 38.2 Å². The molecule has 0 saturated heterocycles. The second-order valence-electron chi connectivity index (χ2n) is 5.73. The molecule has 3 heteroatoms. The number of aliphatic hydroxyl groups is 1. The molecule has 3 unspecified atom stereocenters. The van der Waals surface area contributed by atoms with Crippen molar-refractivity contribution in [1.82, 2.24) is 4.90 Å². The van der Waals surface area contributed by atoms with Crippen LogP contribution in [-0.2, 0) is 6.54 Å². The van der Waals surface area contributed by atoms with Gasteiger partial charge in [0.1, 0.15) is 5.82 Å². The van der Waals surface area contributed by atoms with Crippen LogP contribution in [0.3, 0.4) is 0 Å². The average Bonchev–Trinajstić information content (AvgIpc) is 2.42. The molecule has 106 valence electrons. The quantitative estimate of drug-likeness (QED) is 0.903. The first-order valence-electron chi connectivity index (χ1n) is 7.23. The summed E-state index contributed by atoms with van der Waals surface area (Å²) < 4.78 is 13.7. The van der Waals surface area contributed by atoms with Gasteiger partial charge in [0.25, 0.3) is 0 Å². The molecular weight excluding hydrogens is 241 g/mol. The van der Waals surface area contributed by atoms with Crippen molar-refractivity contribution in [3.63, 3.8) is 0 Å². The minimum absolute atomic E-state index is 0.151. The molecular formula is C16H24FNO. The van der Waals surface area contributed by atoms with Crippen LogP contribution < -0.4 is 0 Å². The van der Waals surface area contributed by atoms with Gasteiger partial charge < -0.3 is 5.11 Å². The van der Waals surface area contributed by atoms with Crippen LogP contribution in [0.25, 0.3) is 0 Å². The third kappa shape index (κ3) is 3.54. The SMILES string of the molecule is CCC1CCC(O)C(N(C)Cc2ccccc2F)C1. The second kappa shape index (κ2) is 6.49. The zero-order valence-corrected chi connectivity index (χ0v) is 11.8. The number of aliphatic hydroxyl groups excluding tert-OH is 1. The van der Waals surface area contributed by atoms with Gasteiger partial charge in [-0.25, -0.2) is 4.39 Å². The Morgan fingerprint density at radius 3 is 2.74 bits per heavy atom. The van der Waals surface area contributed by atoms with Crippen molar-refractivity contribution in [3.8, 4) is 0 Å². The van der Waals surface area contributed by atoms with E-state index in [4.69, 9.17) is 0 Å². The number of hydrogen-bond donors (Lipinski definition) is 1. The Kier molecular flexibility index (Phi) is 4.94. The van der Waals surface area contributed by atoms with E-state index in [1.54, 1.807) is 6.07 Å². The van der Waals surface area contributed by atoms with Crippen LogP contribution in [0.4, 0.5) is 4.39 Å². The lowest BCUT2D eigenvalue weighted by molar-refractivity contribution is 0.0101. The third-order valence-corrected chi connectivity index (χ3v) is 4.41. The summed E-state index contributed by atoms with van der Waals surface area (Å²) in [6.45, 7) is 2.77. The summed E-state index contributed by atoms with van der Waals surface area (Å²) in [5, 5.41) is 10.2. The van der Waals surface area contributed by atoms with Gasteiger partial charge in [-0.2, -0.15) is 0 Å². The second-order valence-corrected chi connectivity index (χ2v) is 5.73. The van der Waals surface area contributed by atoms with E-state index in [0.29, 0.717) is 18.0 Å². The van der Waals surface area contributed by atoms with E-state index in [2.05, 4.69) is 11.8 Å². The highest BCUT2D eigenvalue weighted by atomic mass is 19.1. The van der Waals surface area contributed by atoms with Crippen molar-refractivity contribution in [2.24, 2.45) is 5.92 Å². The highest BCUT2D eigenvalue weighted by molar-refractivity contribution is 5.17. The highest BCUT2D eigenvalue weighted by Crippen LogP contribution is 2.30. The summed E-state index contributed by atoms with van der Waals surface area (Å²) in [7, 11) is 1.98. The molecule has 1 N–H and O–H groups in total. The van der Waals surface area contributed by atoms with Gasteiger partial charge in [-0.3, -0.25) is 4.90 Å². The number of hydrogen-bond acceptors (Lipinski definition) is 2. The van der Waals surface area contributed by atoms with Gasteiger partial charge in [-0.15, -0.1) is 0 Å². The number of benzene rings is 1. The van der Waals surface area contributed by atoms with Gasteiger partial charge in [0.15, 0.2) is 0 Å². The fourth-order valence-electron chi connectivity index (χ4n) is 3.07. The Balaban J connectivity index is 2.02. The zero-order chi connectivity index (χ0) is 13.8. The molecule has 0 radical (unpaired) electrons. The molecule has 2 rings (SSSR count). The molecule has 1 aliphatic rings. The van der Waals surface area contributed by atoms with Gasteiger partial charge in [-0.1, -0.05) is 31.5 Å². The first kappa shape index (κ1) is 14.5. The topological polar surface area (TPSA) is 23.5 Å². The predicted molar refractivity (Wildman–Crippen MR) is 75.3 cm³/mol. The minimum Gasteiger partial charge on any atom is -0.391 e. The Bertz CT molecular complexity index is 409. The molecule has 2 nitrogen and oxygen atoms in total. The molecule has 1 aromatic carbocycles. The molecule has 0 aliphatic heterocycles. The molecule has 1 aromatic rings. The first-order chi connectivity index (χ1) is 9.11. The first-order valence-corrected chi connectivity index (χ1v) is 7.23. The monoisotopic (exact) mass is 265 g/mol. The summed E-state index contributed by atoms with van der Waals surface area (Å²) in [6, 6.07) is 7.03. The van der Waals surface area contributed by atoms with E-state index in [1.807, 2.05) is 19.2 Å². The zero-order valence-electron chi connectivity index (χ0n) is 11.8. The maximum Gasteiger partial charge on any atom is 0.127 e. The molecule has 1 saturated carbocycles. The number of likely N-dealkylation sites (N-methyl/N-ethyl adjacent to an activating group) is 1. The third-order valence-electron chi connectivity index (χ3n) is 4.41. The summed E-state index contributed by atoms with van der Waals surface area (Å²) in [5.41, 5.74) is 0.704. The number of halogens is 1. The summed E-state index contributed by atoms with van der Waals surface area (Å²) in [5.74, 6) is 0.531. The van der Waals surface area contributed by atoms with E-state index in [1.165, 1.54) is 6.07 Å². The fraction of sp³-hybridized carbons (Fsp3) is 0.625. The fourth-order valence-corrected chi connectivity index (χ4v) is 3.07. The Labute approximate surface area is 115 Å². The lowest BCUT2D eigenvalue weighted by Gasteiger charge is -2.38. The van der Waals surface area contributed by atoms with Gasteiger partial charge in [0, 0.05) is 18.2 Å². The molecule has 0 aromatic heterocycles. The molecule has 0 amide bonds. The summed E-state index contributed by atoms with van der Waals surface area (Å²) >= 11 is 0. The maximum absolute atomic E-state index is 13.7. The van der Waals surface area contributed by atoms with Gasteiger partial charge in [0.05, 0.1) is 6.10 Å².